The average molecular weight is 254 g/mol. The van der Waals surface area contributed by atoms with Crippen molar-refractivity contribution in [2.75, 3.05) is 13.7 Å². The van der Waals surface area contributed by atoms with Crippen LogP contribution in [0.15, 0.2) is 18.2 Å². The molecule has 2 N–H and O–H groups in total. The number of rotatable bonds is 5. The number of carbonyl (C=O) groups excluding carboxylic acids is 2. The van der Waals surface area contributed by atoms with Crippen LogP contribution in [0.1, 0.15) is 27.6 Å². The molecule has 0 aliphatic carbocycles. The number of aliphatic hydroxyl groups excluding tert-OH is 1. The predicted molar refractivity (Wildman–Crippen MR) is 61.5 cm³/mol. The average Bonchev–Trinajstić information content (AvgIpc) is 2.37. The summed E-state index contributed by atoms with van der Waals surface area (Å²) >= 11 is 0. The van der Waals surface area contributed by atoms with Crippen LogP contribution in [0.3, 0.4) is 0 Å². The molecule has 6 heteroatoms. The van der Waals surface area contributed by atoms with Gasteiger partial charge in [-0.2, -0.15) is 0 Å². The number of hydrogen-bond acceptors (Lipinski definition) is 6. The molecule has 0 radical (unpaired) electrons. The maximum absolute atomic E-state index is 11.5. The van der Waals surface area contributed by atoms with Crippen LogP contribution < -0.4 is 4.74 Å². The van der Waals surface area contributed by atoms with Crippen molar-refractivity contribution in [1.82, 2.24) is 0 Å². The Hall–Kier alpha value is -1.92. The SMILES string of the molecule is CCOc1ccc(C(=O)C(O)O)cc1C(=O)OC. The highest BCUT2D eigenvalue weighted by Crippen LogP contribution is 2.22. The zero-order valence-corrected chi connectivity index (χ0v) is 10.0. The fourth-order valence-corrected chi connectivity index (χ4v) is 1.38. The normalized spacial score (nSPS) is 10.3. The van der Waals surface area contributed by atoms with Crippen LogP contribution in [-0.2, 0) is 4.74 Å². The van der Waals surface area contributed by atoms with Gasteiger partial charge in [-0.25, -0.2) is 4.79 Å². The fraction of sp³-hybridized carbons (Fsp3) is 0.333. The summed E-state index contributed by atoms with van der Waals surface area (Å²) < 4.78 is 9.78. The molecule has 1 aromatic carbocycles. The third-order valence-corrected chi connectivity index (χ3v) is 2.20. The van der Waals surface area contributed by atoms with E-state index in [-0.39, 0.29) is 16.9 Å². The van der Waals surface area contributed by atoms with Gasteiger partial charge in [0.25, 0.3) is 0 Å². The van der Waals surface area contributed by atoms with Crippen LogP contribution in [0.4, 0.5) is 0 Å². The first-order chi connectivity index (χ1) is 8.51. The standard InChI is InChI=1S/C12H14O6/c1-3-18-9-5-4-7(10(13)11(14)15)6-8(9)12(16)17-2/h4-6,11,14-15H,3H2,1-2H3. The van der Waals surface area contributed by atoms with Gasteiger partial charge in [0.15, 0.2) is 0 Å². The largest absolute Gasteiger partial charge is 0.493 e. The second-order valence-electron chi connectivity index (χ2n) is 3.37. The molecular formula is C12H14O6. The quantitative estimate of drug-likeness (QED) is 0.448. The van der Waals surface area contributed by atoms with E-state index >= 15 is 0 Å². The Kier molecular flexibility index (Phi) is 4.82. The van der Waals surface area contributed by atoms with E-state index in [9.17, 15) is 9.59 Å². The predicted octanol–water partition coefficient (Wildman–Crippen LogP) is 0.365. The minimum absolute atomic E-state index is 0.00569. The highest BCUT2D eigenvalue weighted by molar-refractivity contribution is 6.01. The molecule has 0 unspecified atom stereocenters. The number of methoxy groups -OCH3 is 1. The van der Waals surface area contributed by atoms with Crippen molar-refractivity contribution >= 4 is 11.8 Å². The van der Waals surface area contributed by atoms with Crippen molar-refractivity contribution in [1.29, 1.82) is 0 Å². The van der Waals surface area contributed by atoms with Gasteiger partial charge in [-0.3, -0.25) is 4.79 Å². The van der Waals surface area contributed by atoms with Crippen LogP contribution in [-0.4, -0.2) is 42.0 Å². The Bertz CT molecular complexity index is 452. The molecule has 0 aliphatic heterocycles. The summed E-state index contributed by atoms with van der Waals surface area (Å²) in [5.41, 5.74) is 0.0553. The van der Waals surface area contributed by atoms with Gasteiger partial charge in [0.2, 0.25) is 12.1 Å². The summed E-state index contributed by atoms with van der Waals surface area (Å²) in [5, 5.41) is 17.6. The number of ketones is 1. The molecule has 0 fully saturated rings. The second kappa shape index (κ2) is 6.13. The van der Waals surface area contributed by atoms with Gasteiger partial charge in [0, 0.05) is 5.56 Å². The molecule has 1 rings (SSSR count). The molecule has 0 saturated heterocycles. The summed E-state index contributed by atoms with van der Waals surface area (Å²) in [6.45, 7) is 2.09. The van der Waals surface area contributed by atoms with Crippen molar-refractivity contribution < 1.29 is 29.3 Å². The molecule has 0 aliphatic rings. The van der Waals surface area contributed by atoms with Crippen molar-refractivity contribution in [2.45, 2.75) is 13.2 Å². The lowest BCUT2D eigenvalue weighted by molar-refractivity contribution is -0.0195. The number of esters is 1. The Labute approximate surface area is 104 Å². The van der Waals surface area contributed by atoms with Crippen LogP contribution in [0.2, 0.25) is 0 Å². The summed E-state index contributed by atoms with van der Waals surface area (Å²) in [6, 6.07) is 3.96. The number of benzene rings is 1. The van der Waals surface area contributed by atoms with Crippen molar-refractivity contribution in [2.24, 2.45) is 0 Å². The molecular weight excluding hydrogens is 240 g/mol. The minimum atomic E-state index is -2.12. The smallest absolute Gasteiger partial charge is 0.341 e. The van der Waals surface area contributed by atoms with E-state index in [4.69, 9.17) is 14.9 Å². The number of ether oxygens (including phenoxy) is 2. The van der Waals surface area contributed by atoms with Gasteiger partial charge in [0.05, 0.1) is 13.7 Å². The van der Waals surface area contributed by atoms with E-state index in [0.29, 0.717) is 6.61 Å². The van der Waals surface area contributed by atoms with Crippen molar-refractivity contribution in [3.8, 4) is 5.75 Å². The van der Waals surface area contributed by atoms with Gasteiger partial charge in [-0.15, -0.1) is 0 Å². The lowest BCUT2D eigenvalue weighted by Crippen LogP contribution is -2.20. The summed E-state index contributed by atoms with van der Waals surface area (Å²) in [7, 11) is 1.20. The van der Waals surface area contributed by atoms with Crippen LogP contribution in [0, 0.1) is 0 Å². The van der Waals surface area contributed by atoms with E-state index in [1.807, 2.05) is 0 Å². The van der Waals surface area contributed by atoms with Crippen LogP contribution in [0.5, 0.6) is 5.75 Å². The molecule has 98 valence electrons. The Morgan fingerprint density at radius 3 is 2.50 bits per heavy atom. The molecule has 0 amide bonds. The highest BCUT2D eigenvalue weighted by Gasteiger charge is 2.19. The summed E-state index contributed by atoms with van der Waals surface area (Å²) in [5.74, 6) is -1.29. The van der Waals surface area contributed by atoms with Gasteiger partial charge in [0.1, 0.15) is 11.3 Å². The summed E-state index contributed by atoms with van der Waals surface area (Å²) in [4.78, 5) is 22.9. The van der Waals surface area contributed by atoms with Crippen molar-refractivity contribution in [3.05, 3.63) is 29.3 Å². The van der Waals surface area contributed by atoms with Gasteiger partial charge >= 0.3 is 5.97 Å². The summed E-state index contributed by atoms with van der Waals surface area (Å²) in [6.07, 6.45) is -2.12. The Balaban J connectivity index is 3.20. The first-order valence-electron chi connectivity index (χ1n) is 5.26. The van der Waals surface area contributed by atoms with E-state index in [1.165, 1.54) is 25.3 Å². The Morgan fingerprint density at radius 2 is 2.00 bits per heavy atom. The molecule has 0 saturated carbocycles. The minimum Gasteiger partial charge on any atom is -0.493 e. The van der Waals surface area contributed by atoms with Crippen LogP contribution >= 0.6 is 0 Å². The zero-order valence-electron chi connectivity index (χ0n) is 10.0. The number of aliphatic hydroxyl groups is 2. The molecule has 0 heterocycles. The Morgan fingerprint density at radius 1 is 1.33 bits per heavy atom. The lowest BCUT2D eigenvalue weighted by atomic mass is 10.1. The van der Waals surface area contributed by atoms with E-state index in [0.717, 1.165) is 0 Å². The maximum Gasteiger partial charge on any atom is 0.341 e. The highest BCUT2D eigenvalue weighted by atomic mass is 16.5. The first kappa shape index (κ1) is 14.1. The second-order valence-corrected chi connectivity index (χ2v) is 3.37. The zero-order chi connectivity index (χ0) is 13.7. The number of carbonyl (C=O) groups is 2. The molecule has 18 heavy (non-hydrogen) atoms. The molecule has 0 aromatic heterocycles. The third-order valence-electron chi connectivity index (χ3n) is 2.20. The topological polar surface area (TPSA) is 93.1 Å². The lowest BCUT2D eigenvalue weighted by Gasteiger charge is -2.10. The molecule has 0 spiro atoms. The molecule has 0 atom stereocenters. The first-order valence-corrected chi connectivity index (χ1v) is 5.26. The fourth-order valence-electron chi connectivity index (χ4n) is 1.38. The van der Waals surface area contributed by atoms with Crippen LogP contribution in [0.25, 0.3) is 0 Å². The molecule has 0 bridgehead atoms. The molecule has 1 aromatic rings. The number of hydrogen-bond donors (Lipinski definition) is 2. The van der Waals surface area contributed by atoms with Crippen molar-refractivity contribution in [3.63, 3.8) is 0 Å². The number of Topliss-reactive ketones (excluding diaryl/α,β-unsaturated/α-hetero) is 1. The monoisotopic (exact) mass is 254 g/mol. The van der Waals surface area contributed by atoms with Gasteiger partial charge in [-0.1, -0.05) is 0 Å². The molecule has 6 nitrogen and oxygen atoms in total. The van der Waals surface area contributed by atoms with Gasteiger partial charge < -0.3 is 19.7 Å². The van der Waals surface area contributed by atoms with Gasteiger partial charge in [-0.05, 0) is 25.1 Å². The maximum atomic E-state index is 11.5. The third kappa shape index (κ3) is 3.06. The van der Waals surface area contributed by atoms with E-state index < -0.39 is 18.0 Å². The van der Waals surface area contributed by atoms with E-state index in [2.05, 4.69) is 4.74 Å². The van der Waals surface area contributed by atoms with E-state index in [1.54, 1.807) is 6.92 Å².